The molecule has 1 atom stereocenters. The second-order valence-corrected chi connectivity index (χ2v) is 6.24. The number of carbonyl (C=O) groups excluding carboxylic acids is 1. The summed E-state index contributed by atoms with van der Waals surface area (Å²) in [6.45, 7) is 5.65. The standard InChI is InChI=1S/C14H25N3O2/c15-14(4-5-14)13(18)17-7-2-6-16(8-9-17)11-12-3-1-10-19-12/h12H,1-11,15H2. The smallest absolute Gasteiger partial charge is 0.242 e. The number of hydrogen-bond donors (Lipinski definition) is 1. The minimum atomic E-state index is -0.510. The Morgan fingerprint density at radius 2 is 2.05 bits per heavy atom. The Morgan fingerprint density at radius 1 is 1.21 bits per heavy atom. The molecule has 0 aromatic rings. The average Bonchev–Trinajstić information content (AvgIpc) is 3.02. The van der Waals surface area contributed by atoms with Crippen LogP contribution in [0.25, 0.3) is 0 Å². The molecule has 1 aliphatic carbocycles. The van der Waals surface area contributed by atoms with Crippen molar-refractivity contribution >= 4 is 5.91 Å². The van der Waals surface area contributed by atoms with Crippen molar-refractivity contribution in [2.75, 3.05) is 39.3 Å². The fourth-order valence-corrected chi connectivity index (χ4v) is 3.10. The molecule has 1 saturated carbocycles. The van der Waals surface area contributed by atoms with Crippen LogP contribution < -0.4 is 5.73 Å². The van der Waals surface area contributed by atoms with Crippen LogP contribution in [0.15, 0.2) is 0 Å². The quantitative estimate of drug-likeness (QED) is 0.793. The number of carbonyl (C=O) groups is 1. The number of amides is 1. The van der Waals surface area contributed by atoms with Crippen LogP contribution in [-0.2, 0) is 9.53 Å². The van der Waals surface area contributed by atoms with Crippen LogP contribution >= 0.6 is 0 Å². The van der Waals surface area contributed by atoms with Crippen LogP contribution in [0.5, 0.6) is 0 Å². The van der Waals surface area contributed by atoms with Crippen molar-refractivity contribution in [2.45, 2.75) is 43.7 Å². The largest absolute Gasteiger partial charge is 0.377 e. The zero-order valence-corrected chi connectivity index (χ0v) is 11.6. The minimum absolute atomic E-state index is 0.173. The molecule has 1 unspecified atom stereocenters. The second-order valence-electron chi connectivity index (χ2n) is 6.24. The van der Waals surface area contributed by atoms with E-state index >= 15 is 0 Å². The Labute approximate surface area is 115 Å². The van der Waals surface area contributed by atoms with Gasteiger partial charge in [0.1, 0.15) is 0 Å². The summed E-state index contributed by atoms with van der Waals surface area (Å²) in [6, 6.07) is 0. The lowest BCUT2D eigenvalue weighted by Crippen LogP contribution is -2.47. The zero-order chi connectivity index (χ0) is 13.3. The summed E-state index contributed by atoms with van der Waals surface area (Å²) in [7, 11) is 0. The van der Waals surface area contributed by atoms with Crippen molar-refractivity contribution in [3.05, 3.63) is 0 Å². The molecule has 2 saturated heterocycles. The highest BCUT2D eigenvalue weighted by atomic mass is 16.5. The maximum absolute atomic E-state index is 12.2. The molecule has 0 spiro atoms. The lowest BCUT2D eigenvalue weighted by atomic mass is 10.2. The fraction of sp³-hybridized carbons (Fsp3) is 0.929. The van der Waals surface area contributed by atoms with Crippen molar-refractivity contribution < 1.29 is 9.53 Å². The number of nitrogens with two attached hydrogens (primary N) is 1. The maximum atomic E-state index is 12.2. The fourth-order valence-electron chi connectivity index (χ4n) is 3.10. The van der Waals surface area contributed by atoms with Crippen molar-refractivity contribution in [2.24, 2.45) is 5.73 Å². The predicted molar refractivity (Wildman–Crippen MR) is 72.8 cm³/mol. The Bertz CT molecular complexity index is 338. The van der Waals surface area contributed by atoms with Gasteiger partial charge in [0.2, 0.25) is 5.91 Å². The second kappa shape index (κ2) is 5.38. The van der Waals surface area contributed by atoms with Crippen LogP contribution in [0.2, 0.25) is 0 Å². The van der Waals surface area contributed by atoms with Gasteiger partial charge in [-0.15, -0.1) is 0 Å². The third-order valence-corrected chi connectivity index (χ3v) is 4.58. The van der Waals surface area contributed by atoms with Crippen molar-refractivity contribution in [1.29, 1.82) is 0 Å². The summed E-state index contributed by atoms with van der Waals surface area (Å²) >= 11 is 0. The van der Waals surface area contributed by atoms with Gasteiger partial charge in [-0.1, -0.05) is 0 Å². The van der Waals surface area contributed by atoms with Crippen LogP contribution in [0.1, 0.15) is 32.1 Å². The van der Waals surface area contributed by atoms with Crippen LogP contribution in [-0.4, -0.2) is 66.7 Å². The molecule has 0 aromatic carbocycles. The molecule has 1 amide bonds. The molecule has 5 heteroatoms. The zero-order valence-electron chi connectivity index (χ0n) is 11.6. The van der Waals surface area contributed by atoms with Gasteiger partial charge >= 0.3 is 0 Å². The third kappa shape index (κ3) is 3.09. The maximum Gasteiger partial charge on any atom is 0.242 e. The SMILES string of the molecule is NC1(C(=O)N2CCCN(CC3CCCO3)CC2)CC1. The van der Waals surface area contributed by atoms with Crippen molar-refractivity contribution in [3.8, 4) is 0 Å². The lowest BCUT2D eigenvalue weighted by molar-refractivity contribution is -0.133. The third-order valence-electron chi connectivity index (χ3n) is 4.58. The van der Waals surface area contributed by atoms with Crippen molar-refractivity contribution in [1.82, 2.24) is 9.80 Å². The Balaban J connectivity index is 1.49. The molecule has 108 valence electrons. The highest BCUT2D eigenvalue weighted by Gasteiger charge is 2.48. The first-order valence-electron chi connectivity index (χ1n) is 7.60. The van der Waals surface area contributed by atoms with Gasteiger partial charge in [-0.25, -0.2) is 0 Å². The predicted octanol–water partition coefficient (Wildman–Crippen LogP) is 0.191. The van der Waals surface area contributed by atoms with E-state index in [1.54, 1.807) is 0 Å². The van der Waals surface area contributed by atoms with Gasteiger partial charge in [-0.2, -0.15) is 0 Å². The molecule has 3 fully saturated rings. The lowest BCUT2D eigenvalue weighted by Gasteiger charge is -2.25. The molecule has 3 aliphatic rings. The minimum Gasteiger partial charge on any atom is -0.377 e. The van der Waals surface area contributed by atoms with Gasteiger partial charge in [-0.05, 0) is 38.6 Å². The van der Waals surface area contributed by atoms with Gasteiger partial charge in [0.05, 0.1) is 11.6 Å². The summed E-state index contributed by atoms with van der Waals surface area (Å²) in [5, 5.41) is 0. The molecule has 2 heterocycles. The first-order valence-corrected chi connectivity index (χ1v) is 7.60. The van der Waals surface area contributed by atoms with Gasteiger partial charge in [0.15, 0.2) is 0 Å². The molecule has 0 aromatic heterocycles. The number of hydrogen-bond acceptors (Lipinski definition) is 4. The van der Waals surface area contributed by atoms with E-state index in [2.05, 4.69) is 4.90 Å². The highest BCUT2D eigenvalue weighted by Crippen LogP contribution is 2.34. The van der Waals surface area contributed by atoms with Crippen molar-refractivity contribution in [3.63, 3.8) is 0 Å². The monoisotopic (exact) mass is 267 g/mol. The van der Waals surface area contributed by atoms with Crippen LogP contribution in [0.4, 0.5) is 0 Å². The van der Waals surface area contributed by atoms with E-state index in [4.69, 9.17) is 10.5 Å². The molecular weight excluding hydrogens is 242 g/mol. The Kier molecular flexibility index (Phi) is 3.78. The van der Waals surface area contributed by atoms with E-state index in [1.165, 1.54) is 12.8 Å². The molecule has 2 aliphatic heterocycles. The van der Waals surface area contributed by atoms with E-state index in [-0.39, 0.29) is 5.91 Å². The average molecular weight is 267 g/mol. The van der Waals surface area contributed by atoms with E-state index in [0.29, 0.717) is 6.10 Å². The van der Waals surface area contributed by atoms with Gasteiger partial charge < -0.3 is 15.4 Å². The number of ether oxygens (including phenoxy) is 1. The molecular formula is C14H25N3O2. The summed E-state index contributed by atoms with van der Waals surface area (Å²) < 4.78 is 5.69. The number of nitrogens with zero attached hydrogens (tertiary/aromatic N) is 2. The summed E-state index contributed by atoms with van der Waals surface area (Å²) in [6.07, 6.45) is 5.56. The normalized spacial score (nSPS) is 31.2. The van der Waals surface area contributed by atoms with Gasteiger partial charge in [0.25, 0.3) is 0 Å². The van der Waals surface area contributed by atoms with Gasteiger partial charge in [0, 0.05) is 32.8 Å². The molecule has 5 nitrogen and oxygen atoms in total. The van der Waals surface area contributed by atoms with E-state index < -0.39 is 5.54 Å². The molecule has 19 heavy (non-hydrogen) atoms. The molecule has 3 rings (SSSR count). The Hall–Kier alpha value is -0.650. The summed E-state index contributed by atoms with van der Waals surface area (Å²) in [5.74, 6) is 0.173. The van der Waals surface area contributed by atoms with E-state index in [9.17, 15) is 4.79 Å². The number of rotatable bonds is 3. The Morgan fingerprint density at radius 3 is 2.74 bits per heavy atom. The molecule has 2 N–H and O–H groups in total. The molecule has 0 radical (unpaired) electrons. The van der Waals surface area contributed by atoms with E-state index in [0.717, 1.165) is 58.6 Å². The molecule has 0 bridgehead atoms. The summed E-state index contributed by atoms with van der Waals surface area (Å²) in [4.78, 5) is 16.7. The van der Waals surface area contributed by atoms with Crippen LogP contribution in [0.3, 0.4) is 0 Å². The summed E-state index contributed by atoms with van der Waals surface area (Å²) in [5.41, 5.74) is 5.50. The van der Waals surface area contributed by atoms with Gasteiger partial charge in [-0.3, -0.25) is 9.69 Å². The highest BCUT2D eigenvalue weighted by molar-refractivity contribution is 5.89. The van der Waals surface area contributed by atoms with E-state index in [1.807, 2.05) is 4.90 Å². The first-order chi connectivity index (χ1) is 9.17. The first kappa shape index (κ1) is 13.3. The topological polar surface area (TPSA) is 58.8 Å². The van der Waals surface area contributed by atoms with Crippen LogP contribution in [0, 0.1) is 0 Å².